The Morgan fingerprint density at radius 2 is 2.15 bits per heavy atom. The Hall–Kier alpha value is -1.95. The summed E-state index contributed by atoms with van der Waals surface area (Å²) >= 11 is 3.23. The Bertz CT molecular complexity index is 634. The lowest BCUT2D eigenvalue weighted by molar-refractivity contribution is 0.0954. The summed E-state index contributed by atoms with van der Waals surface area (Å²) < 4.78 is 14.1. The minimum absolute atomic E-state index is 0.164. The van der Waals surface area contributed by atoms with E-state index >= 15 is 0 Å². The topological polar surface area (TPSA) is 68.0 Å². The van der Waals surface area contributed by atoms with Crippen molar-refractivity contribution in [3.63, 3.8) is 0 Å². The number of hydrogen-bond acceptors (Lipinski definition) is 3. The van der Waals surface area contributed by atoms with Crippen LogP contribution in [0.2, 0.25) is 0 Å². The fourth-order valence-electron chi connectivity index (χ4n) is 1.74. The summed E-state index contributed by atoms with van der Waals surface area (Å²) in [5, 5.41) is 2.70. The molecule has 3 N–H and O–H groups in total. The first kappa shape index (κ1) is 14.5. The molecule has 1 heterocycles. The number of benzene rings is 1. The second-order valence-electron chi connectivity index (χ2n) is 4.18. The third-order valence-electron chi connectivity index (χ3n) is 2.77. The smallest absolute Gasteiger partial charge is 0.255 e. The molecule has 0 aliphatic rings. The van der Waals surface area contributed by atoms with E-state index in [0.29, 0.717) is 28.6 Å². The van der Waals surface area contributed by atoms with Crippen LogP contribution in [0.25, 0.3) is 0 Å². The third-order valence-corrected chi connectivity index (χ3v) is 3.20. The van der Waals surface area contributed by atoms with Crippen LogP contribution in [-0.4, -0.2) is 17.4 Å². The lowest BCUT2D eigenvalue weighted by Crippen LogP contribution is -2.27. The van der Waals surface area contributed by atoms with Crippen molar-refractivity contribution in [2.24, 2.45) is 0 Å². The van der Waals surface area contributed by atoms with E-state index in [4.69, 9.17) is 5.73 Å². The molecule has 1 amide bonds. The van der Waals surface area contributed by atoms with E-state index in [0.717, 1.165) is 0 Å². The molecular formula is C14H13BrFN3O. The highest BCUT2D eigenvalue weighted by atomic mass is 79.9. The predicted octanol–water partition coefficient (Wildman–Crippen LogP) is 2.54. The van der Waals surface area contributed by atoms with Crippen molar-refractivity contribution >= 4 is 27.7 Å². The zero-order valence-corrected chi connectivity index (χ0v) is 12.2. The minimum Gasteiger partial charge on any atom is -0.383 e. The lowest BCUT2D eigenvalue weighted by Gasteiger charge is -2.08. The van der Waals surface area contributed by atoms with Crippen molar-refractivity contribution in [2.45, 2.75) is 6.42 Å². The first-order valence-electron chi connectivity index (χ1n) is 6.00. The number of carbonyl (C=O) groups is 1. The van der Waals surface area contributed by atoms with Crippen molar-refractivity contribution < 1.29 is 9.18 Å². The van der Waals surface area contributed by atoms with E-state index in [1.54, 1.807) is 24.3 Å². The minimum atomic E-state index is -0.326. The molecule has 2 aromatic rings. The molecule has 20 heavy (non-hydrogen) atoms. The highest BCUT2D eigenvalue weighted by molar-refractivity contribution is 9.10. The van der Waals surface area contributed by atoms with Gasteiger partial charge in [0.25, 0.3) is 5.91 Å². The molecule has 0 saturated carbocycles. The van der Waals surface area contributed by atoms with Gasteiger partial charge < -0.3 is 11.1 Å². The predicted molar refractivity (Wildman–Crippen MR) is 78.8 cm³/mol. The van der Waals surface area contributed by atoms with Crippen LogP contribution in [0.15, 0.2) is 41.0 Å². The van der Waals surface area contributed by atoms with Crippen LogP contribution in [0.5, 0.6) is 0 Å². The van der Waals surface area contributed by atoms with E-state index in [1.165, 1.54) is 12.3 Å². The molecular weight excluding hydrogens is 325 g/mol. The number of pyridine rings is 1. The van der Waals surface area contributed by atoms with Crippen LogP contribution in [0.3, 0.4) is 0 Å². The number of nitrogen functional groups attached to an aromatic ring is 1. The molecule has 2 rings (SSSR count). The number of hydrogen-bond donors (Lipinski definition) is 2. The fraction of sp³-hybridized carbons (Fsp3) is 0.143. The van der Waals surface area contributed by atoms with Crippen molar-refractivity contribution in [3.05, 3.63) is 57.9 Å². The van der Waals surface area contributed by atoms with Gasteiger partial charge in [-0.3, -0.25) is 4.79 Å². The van der Waals surface area contributed by atoms with Crippen molar-refractivity contribution in [1.82, 2.24) is 10.3 Å². The Kier molecular flexibility index (Phi) is 4.68. The van der Waals surface area contributed by atoms with E-state index in [9.17, 15) is 9.18 Å². The van der Waals surface area contributed by atoms with Gasteiger partial charge in [0, 0.05) is 17.2 Å². The highest BCUT2D eigenvalue weighted by Gasteiger charge is 2.11. The normalized spacial score (nSPS) is 10.3. The van der Waals surface area contributed by atoms with Gasteiger partial charge in [-0.1, -0.05) is 18.2 Å². The molecule has 1 aromatic heterocycles. The summed E-state index contributed by atoms with van der Waals surface area (Å²) in [7, 11) is 0. The molecule has 0 aliphatic heterocycles. The van der Waals surface area contributed by atoms with Crippen LogP contribution in [0.1, 0.15) is 15.9 Å². The van der Waals surface area contributed by atoms with Gasteiger partial charge in [-0.15, -0.1) is 0 Å². The average molecular weight is 338 g/mol. The van der Waals surface area contributed by atoms with Crippen molar-refractivity contribution in [1.29, 1.82) is 0 Å². The van der Waals surface area contributed by atoms with Gasteiger partial charge in [-0.05, 0) is 40.0 Å². The summed E-state index contributed by atoms with van der Waals surface area (Å²) in [6, 6.07) is 8.08. The zero-order chi connectivity index (χ0) is 14.5. The summed E-state index contributed by atoms with van der Waals surface area (Å²) in [5.74, 6) is -0.436. The van der Waals surface area contributed by atoms with Crippen LogP contribution in [-0.2, 0) is 6.42 Å². The van der Waals surface area contributed by atoms with Gasteiger partial charge >= 0.3 is 0 Å². The number of rotatable bonds is 4. The first-order chi connectivity index (χ1) is 9.58. The summed E-state index contributed by atoms with van der Waals surface area (Å²) in [6.07, 6.45) is 1.94. The molecule has 0 fully saturated rings. The SMILES string of the molecule is Nc1ncc(Br)cc1C(=O)NCCc1ccccc1F. The molecule has 0 saturated heterocycles. The van der Waals surface area contributed by atoms with Gasteiger partial charge in [-0.25, -0.2) is 9.37 Å². The second kappa shape index (κ2) is 6.47. The summed E-state index contributed by atoms with van der Waals surface area (Å²) in [5.41, 5.74) is 6.51. The summed E-state index contributed by atoms with van der Waals surface area (Å²) in [6.45, 7) is 0.325. The van der Waals surface area contributed by atoms with Crippen LogP contribution in [0.4, 0.5) is 10.2 Å². The number of nitrogens with one attached hydrogen (secondary N) is 1. The van der Waals surface area contributed by atoms with Gasteiger partial charge in [0.1, 0.15) is 11.6 Å². The standard InChI is InChI=1S/C14H13BrFN3O/c15-10-7-11(13(17)19-8-10)14(20)18-6-5-9-3-1-2-4-12(9)16/h1-4,7-8H,5-6H2,(H2,17,19)(H,18,20). The van der Waals surface area contributed by atoms with Gasteiger partial charge in [-0.2, -0.15) is 0 Å². The van der Waals surface area contributed by atoms with E-state index in [2.05, 4.69) is 26.2 Å². The molecule has 0 spiro atoms. The Labute approximate surface area is 124 Å². The molecule has 4 nitrogen and oxygen atoms in total. The van der Waals surface area contributed by atoms with Gasteiger partial charge in [0.2, 0.25) is 0 Å². The summed E-state index contributed by atoms with van der Waals surface area (Å²) in [4.78, 5) is 15.8. The quantitative estimate of drug-likeness (QED) is 0.900. The molecule has 0 radical (unpaired) electrons. The second-order valence-corrected chi connectivity index (χ2v) is 5.10. The average Bonchev–Trinajstić information content (AvgIpc) is 2.43. The molecule has 0 aliphatic carbocycles. The van der Waals surface area contributed by atoms with Crippen molar-refractivity contribution in [3.8, 4) is 0 Å². The maximum atomic E-state index is 13.4. The number of carbonyl (C=O) groups excluding carboxylic acids is 1. The van der Waals surface area contributed by atoms with Crippen LogP contribution < -0.4 is 11.1 Å². The maximum Gasteiger partial charge on any atom is 0.255 e. The van der Waals surface area contributed by atoms with Crippen LogP contribution in [0, 0.1) is 5.82 Å². The number of nitrogens with zero attached hydrogens (tertiary/aromatic N) is 1. The Morgan fingerprint density at radius 3 is 2.90 bits per heavy atom. The highest BCUT2D eigenvalue weighted by Crippen LogP contribution is 2.15. The molecule has 0 unspecified atom stereocenters. The number of nitrogens with two attached hydrogens (primary N) is 1. The molecule has 0 atom stereocenters. The largest absolute Gasteiger partial charge is 0.383 e. The van der Waals surface area contributed by atoms with E-state index in [1.807, 2.05) is 0 Å². The van der Waals surface area contributed by atoms with Crippen LogP contribution >= 0.6 is 15.9 Å². The number of halogens is 2. The molecule has 1 aromatic carbocycles. The number of amides is 1. The van der Waals surface area contributed by atoms with Gasteiger partial charge in [0.15, 0.2) is 0 Å². The number of aromatic nitrogens is 1. The number of anilines is 1. The lowest BCUT2D eigenvalue weighted by atomic mass is 10.1. The van der Waals surface area contributed by atoms with E-state index < -0.39 is 0 Å². The molecule has 104 valence electrons. The monoisotopic (exact) mass is 337 g/mol. The fourth-order valence-corrected chi connectivity index (χ4v) is 2.07. The third kappa shape index (κ3) is 3.54. The Balaban J connectivity index is 1.96. The molecule has 0 bridgehead atoms. The Morgan fingerprint density at radius 1 is 1.40 bits per heavy atom. The maximum absolute atomic E-state index is 13.4. The van der Waals surface area contributed by atoms with Crippen molar-refractivity contribution in [2.75, 3.05) is 12.3 Å². The van der Waals surface area contributed by atoms with E-state index in [-0.39, 0.29) is 17.5 Å². The first-order valence-corrected chi connectivity index (χ1v) is 6.80. The van der Waals surface area contributed by atoms with Gasteiger partial charge in [0.05, 0.1) is 5.56 Å². The molecule has 6 heteroatoms. The zero-order valence-electron chi connectivity index (χ0n) is 10.6.